The van der Waals surface area contributed by atoms with Crippen LogP contribution >= 0.6 is 12.2 Å². The first-order chi connectivity index (χ1) is 3.63. The summed E-state index contributed by atoms with van der Waals surface area (Å²) in [5.41, 5.74) is 6.67. The number of rotatable bonds is 2. The Morgan fingerprint density at radius 2 is 2.25 bits per heavy atom. The standard InChI is InChI=1S/CH5BN2O3S/c3-1(8)4-7-2(5)6/h5-6H,(H3,3,4,8). The van der Waals surface area contributed by atoms with E-state index in [1.807, 2.05) is 5.48 Å². The van der Waals surface area contributed by atoms with Gasteiger partial charge < -0.3 is 15.8 Å². The van der Waals surface area contributed by atoms with E-state index >= 15 is 0 Å². The molecule has 0 aromatic carbocycles. The minimum Gasteiger partial charge on any atom is -0.400 e. The Morgan fingerprint density at radius 1 is 1.75 bits per heavy atom. The first kappa shape index (κ1) is 7.63. The fourth-order valence-electron chi connectivity index (χ4n) is 0.111. The zero-order chi connectivity index (χ0) is 6.57. The van der Waals surface area contributed by atoms with Gasteiger partial charge in [-0.15, -0.1) is 0 Å². The molecule has 0 amide bonds. The van der Waals surface area contributed by atoms with Gasteiger partial charge in [-0.1, -0.05) is 0 Å². The smallest absolute Gasteiger partial charge is 0.400 e. The second-order valence-corrected chi connectivity index (χ2v) is 1.35. The molecule has 0 atom stereocenters. The molecule has 7 heteroatoms. The average molecular weight is 136 g/mol. The van der Waals surface area contributed by atoms with Crippen molar-refractivity contribution >= 4 is 24.7 Å². The highest BCUT2D eigenvalue weighted by molar-refractivity contribution is 7.80. The number of nitrogens with one attached hydrogen (secondary N) is 1. The highest BCUT2D eigenvalue weighted by atomic mass is 32.1. The first-order valence-electron chi connectivity index (χ1n) is 1.70. The van der Waals surface area contributed by atoms with Crippen molar-refractivity contribution in [1.82, 2.24) is 5.48 Å². The Bertz CT molecular complexity index is 87.4. The molecule has 0 radical (unpaired) electrons. The molecule has 46 valence electrons. The van der Waals surface area contributed by atoms with Gasteiger partial charge in [0, 0.05) is 0 Å². The third-order valence-corrected chi connectivity index (χ3v) is 0.348. The van der Waals surface area contributed by atoms with Gasteiger partial charge in [0.1, 0.15) is 0 Å². The van der Waals surface area contributed by atoms with Crippen LogP contribution in [0.1, 0.15) is 0 Å². The molecule has 8 heavy (non-hydrogen) atoms. The third-order valence-electron chi connectivity index (χ3n) is 0.265. The fourth-order valence-corrected chi connectivity index (χ4v) is 0.159. The lowest BCUT2D eigenvalue weighted by atomic mass is 10.3. The van der Waals surface area contributed by atoms with Crippen LogP contribution in [-0.4, -0.2) is 22.5 Å². The second-order valence-electron chi connectivity index (χ2n) is 0.910. The quantitative estimate of drug-likeness (QED) is 0.194. The van der Waals surface area contributed by atoms with E-state index < -0.39 is 7.32 Å². The lowest BCUT2D eigenvalue weighted by Crippen LogP contribution is -2.35. The van der Waals surface area contributed by atoms with Crippen LogP contribution in [0.15, 0.2) is 0 Å². The maximum Gasteiger partial charge on any atom is 0.656 e. The average Bonchev–Trinajstić information content (AvgIpc) is 1.61. The first-order valence-corrected chi connectivity index (χ1v) is 2.11. The molecular formula is CH5BN2O3S. The Labute approximate surface area is 51.6 Å². The van der Waals surface area contributed by atoms with Crippen LogP contribution in [0.5, 0.6) is 0 Å². The molecule has 0 bridgehead atoms. The molecule has 5 N–H and O–H groups in total. The van der Waals surface area contributed by atoms with E-state index in [2.05, 4.69) is 17.0 Å². The van der Waals surface area contributed by atoms with E-state index in [9.17, 15) is 0 Å². The maximum atomic E-state index is 7.96. The molecule has 0 aromatic heterocycles. The Kier molecular flexibility index (Phi) is 3.45. The van der Waals surface area contributed by atoms with Crippen molar-refractivity contribution < 1.29 is 14.8 Å². The van der Waals surface area contributed by atoms with Gasteiger partial charge in [-0.05, 0) is 12.2 Å². The summed E-state index contributed by atoms with van der Waals surface area (Å²) in [6.07, 6.45) is 0. The van der Waals surface area contributed by atoms with Crippen molar-refractivity contribution in [1.29, 1.82) is 0 Å². The van der Waals surface area contributed by atoms with Crippen molar-refractivity contribution in [3.05, 3.63) is 0 Å². The fraction of sp³-hybridized carbons (Fsp3) is 0. The van der Waals surface area contributed by atoms with Gasteiger partial charge in [-0.25, -0.2) is 0 Å². The van der Waals surface area contributed by atoms with Crippen LogP contribution in [0.4, 0.5) is 0 Å². The lowest BCUT2D eigenvalue weighted by Gasteiger charge is -2.00. The molecule has 0 spiro atoms. The van der Waals surface area contributed by atoms with Crippen LogP contribution in [0.3, 0.4) is 0 Å². The summed E-state index contributed by atoms with van der Waals surface area (Å²) in [5, 5.41) is 15.8. The maximum absolute atomic E-state index is 7.96. The van der Waals surface area contributed by atoms with Crippen molar-refractivity contribution in [2.45, 2.75) is 0 Å². The molecule has 0 fully saturated rings. The molecule has 0 unspecified atom stereocenters. The molecular weight excluding hydrogens is 131 g/mol. The Balaban J connectivity index is 3.05. The van der Waals surface area contributed by atoms with Gasteiger partial charge in [0.25, 0.3) is 0 Å². The van der Waals surface area contributed by atoms with Crippen molar-refractivity contribution in [3.63, 3.8) is 0 Å². The summed E-state index contributed by atoms with van der Waals surface area (Å²) < 4.78 is 3.90. The van der Waals surface area contributed by atoms with Gasteiger partial charge >= 0.3 is 7.32 Å². The largest absolute Gasteiger partial charge is 0.656 e. The SMILES string of the molecule is NC(=S)NOB(O)O. The van der Waals surface area contributed by atoms with Gasteiger partial charge in [-0.3, -0.25) is 10.2 Å². The molecule has 0 aromatic rings. The Hall–Kier alpha value is -0.365. The monoisotopic (exact) mass is 136 g/mol. The van der Waals surface area contributed by atoms with E-state index in [1.54, 1.807) is 0 Å². The molecule has 0 rings (SSSR count). The Morgan fingerprint density at radius 3 is 2.38 bits per heavy atom. The highest BCUT2D eigenvalue weighted by Crippen LogP contribution is 1.65. The van der Waals surface area contributed by atoms with Crippen LogP contribution < -0.4 is 11.2 Å². The molecule has 5 nitrogen and oxygen atoms in total. The number of hydrogen-bond acceptors (Lipinski definition) is 4. The van der Waals surface area contributed by atoms with E-state index in [1.165, 1.54) is 0 Å². The van der Waals surface area contributed by atoms with Gasteiger partial charge in [0.05, 0.1) is 0 Å². The van der Waals surface area contributed by atoms with E-state index in [-0.39, 0.29) is 5.11 Å². The number of nitrogens with two attached hydrogens (primary N) is 1. The van der Waals surface area contributed by atoms with Crippen molar-refractivity contribution in [2.24, 2.45) is 5.73 Å². The van der Waals surface area contributed by atoms with Crippen LogP contribution in [0.2, 0.25) is 0 Å². The lowest BCUT2D eigenvalue weighted by molar-refractivity contribution is 0.150. The summed E-state index contributed by atoms with van der Waals surface area (Å²) in [6.45, 7) is 0. The summed E-state index contributed by atoms with van der Waals surface area (Å²) in [7, 11) is -1.89. The normalized spacial score (nSPS) is 8.25. The van der Waals surface area contributed by atoms with Crippen LogP contribution in [-0.2, 0) is 4.76 Å². The predicted octanol–water partition coefficient (Wildman–Crippen LogP) is -2.28. The third kappa shape index (κ3) is 5.63. The summed E-state index contributed by atoms with van der Waals surface area (Å²) in [6, 6.07) is 0. The van der Waals surface area contributed by atoms with Gasteiger partial charge in [0.2, 0.25) is 0 Å². The van der Waals surface area contributed by atoms with Crippen molar-refractivity contribution in [2.75, 3.05) is 0 Å². The zero-order valence-corrected chi connectivity index (χ0v) is 4.68. The number of hydrogen-bond donors (Lipinski definition) is 4. The zero-order valence-electron chi connectivity index (χ0n) is 3.87. The topological polar surface area (TPSA) is 87.7 Å². The molecule has 0 aliphatic rings. The van der Waals surface area contributed by atoms with Crippen molar-refractivity contribution in [3.8, 4) is 0 Å². The van der Waals surface area contributed by atoms with E-state index in [4.69, 9.17) is 15.8 Å². The second kappa shape index (κ2) is 3.61. The molecule has 0 saturated heterocycles. The molecule has 0 aliphatic heterocycles. The summed E-state index contributed by atoms with van der Waals surface area (Å²) in [5.74, 6) is 0. The highest BCUT2D eigenvalue weighted by Gasteiger charge is 2.07. The van der Waals surface area contributed by atoms with Crippen LogP contribution in [0.25, 0.3) is 0 Å². The summed E-state index contributed by atoms with van der Waals surface area (Å²) >= 11 is 4.23. The van der Waals surface area contributed by atoms with Gasteiger partial charge in [-0.2, -0.15) is 0 Å². The van der Waals surface area contributed by atoms with E-state index in [0.29, 0.717) is 0 Å². The minimum absolute atomic E-state index is 0.155. The van der Waals surface area contributed by atoms with Gasteiger partial charge in [0.15, 0.2) is 5.11 Å². The number of hydroxylamine groups is 1. The molecule has 0 saturated carbocycles. The minimum atomic E-state index is -1.89. The molecule has 0 aliphatic carbocycles. The van der Waals surface area contributed by atoms with Crippen LogP contribution in [0, 0.1) is 0 Å². The summed E-state index contributed by atoms with van der Waals surface area (Å²) in [4.78, 5) is 0. The van der Waals surface area contributed by atoms with E-state index in [0.717, 1.165) is 0 Å². The molecule has 0 heterocycles. The number of thiocarbonyl (C=S) groups is 1. The predicted molar refractivity (Wildman–Crippen MR) is 31.2 cm³/mol.